The number of hydrogen-bond acceptors (Lipinski definition) is 6. The van der Waals surface area contributed by atoms with E-state index in [-0.39, 0.29) is 51.1 Å². The van der Waals surface area contributed by atoms with Crippen LogP contribution in [0.15, 0.2) is 42.5 Å². The molecular weight excluding hydrogens is 422 g/mol. The van der Waals surface area contributed by atoms with Crippen molar-refractivity contribution in [2.75, 3.05) is 26.2 Å². The molecule has 0 radical (unpaired) electrons. The zero-order chi connectivity index (χ0) is 26.4. The lowest BCUT2D eigenvalue weighted by Crippen LogP contribution is -2.52. The molecule has 172 valence electrons. The zero-order valence-electron chi connectivity index (χ0n) is 22.0. The Morgan fingerprint density at radius 1 is 1.12 bits per heavy atom. The largest absolute Gasteiger partial charge is 0.489 e. The summed E-state index contributed by atoms with van der Waals surface area (Å²) in [5, 5.41) is 2.30. The molecule has 8 nitrogen and oxygen atoms in total. The molecule has 5 rings (SSSR count). The van der Waals surface area contributed by atoms with Gasteiger partial charge in [-0.05, 0) is 29.7 Å². The van der Waals surface area contributed by atoms with E-state index >= 15 is 0 Å². The van der Waals surface area contributed by atoms with Gasteiger partial charge in [0.25, 0.3) is 5.91 Å². The fraction of sp³-hybridized carbons (Fsp3) is 0.400. The number of imide groups is 1. The summed E-state index contributed by atoms with van der Waals surface area (Å²) < 4.78 is 42.8. The standard InChI is InChI=1S/C25H27N3O5/c29-23-9-8-21(24(30)26-23)28-15-20-19(25(28)31)2-1-3-22(20)33-16-18-6-4-17(5-7-18)14-27-10-12-32-13-11-27/h1-7,21H,8-16H2,(H,26,29,30)/i10D2,13D2. The van der Waals surface area contributed by atoms with Gasteiger partial charge in [-0.2, -0.15) is 0 Å². The monoisotopic (exact) mass is 453 g/mol. The van der Waals surface area contributed by atoms with Crippen LogP contribution in [0.25, 0.3) is 0 Å². The number of morpholine rings is 1. The highest BCUT2D eigenvalue weighted by Crippen LogP contribution is 2.34. The number of carbonyl (C=O) groups excluding carboxylic acids is 3. The quantitative estimate of drug-likeness (QED) is 0.672. The summed E-state index contributed by atoms with van der Waals surface area (Å²) in [6.07, 6.45) is 0.489. The summed E-state index contributed by atoms with van der Waals surface area (Å²) in [6.45, 7) is -3.46. The molecule has 0 aromatic heterocycles. The van der Waals surface area contributed by atoms with Gasteiger partial charge in [0, 0.05) is 39.9 Å². The van der Waals surface area contributed by atoms with Crippen molar-refractivity contribution in [1.82, 2.24) is 15.1 Å². The van der Waals surface area contributed by atoms with E-state index in [4.69, 9.17) is 15.0 Å². The Hall–Kier alpha value is -3.23. The number of fused-ring (bicyclic) bond motifs is 1. The van der Waals surface area contributed by atoms with E-state index in [1.807, 2.05) is 24.3 Å². The first-order chi connectivity index (χ1) is 17.5. The lowest BCUT2D eigenvalue weighted by atomic mass is 10.0. The van der Waals surface area contributed by atoms with Crippen LogP contribution < -0.4 is 10.1 Å². The van der Waals surface area contributed by atoms with Gasteiger partial charge in [0.15, 0.2) is 0 Å². The zero-order valence-corrected chi connectivity index (χ0v) is 18.0. The fourth-order valence-electron chi connectivity index (χ4n) is 4.28. The molecule has 0 spiro atoms. The molecule has 2 aromatic rings. The number of rotatable bonds is 6. The van der Waals surface area contributed by atoms with Crippen LogP contribution in [0.1, 0.15) is 45.4 Å². The van der Waals surface area contributed by atoms with Crippen molar-refractivity contribution in [2.45, 2.75) is 38.6 Å². The van der Waals surface area contributed by atoms with Crippen molar-refractivity contribution < 1.29 is 29.3 Å². The molecule has 3 aliphatic rings. The average molecular weight is 454 g/mol. The van der Waals surface area contributed by atoms with Gasteiger partial charge in [-0.1, -0.05) is 30.3 Å². The fourth-order valence-corrected chi connectivity index (χ4v) is 4.28. The summed E-state index contributed by atoms with van der Waals surface area (Å²) in [5.74, 6) is -0.494. The van der Waals surface area contributed by atoms with Crippen LogP contribution in [0.2, 0.25) is 0 Å². The second-order valence-electron chi connectivity index (χ2n) is 8.23. The number of carbonyl (C=O) groups is 3. The highest BCUT2D eigenvalue weighted by Gasteiger charge is 2.40. The van der Waals surface area contributed by atoms with E-state index in [0.717, 1.165) is 11.1 Å². The summed E-state index contributed by atoms with van der Waals surface area (Å²) in [6, 6.07) is 12.0. The molecule has 1 atom stereocenters. The van der Waals surface area contributed by atoms with Crippen LogP contribution in [0, 0.1) is 0 Å². The van der Waals surface area contributed by atoms with E-state index in [2.05, 4.69) is 5.32 Å². The Morgan fingerprint density at radius 3 is 2.76 bits per heavy atom. The lowest BCUT2D eigenvalue weighted by Gasteiger charge is -2.29. The third-order valence-corrected chi connectivity index (χ3v) is 6.05. The van der Waals surface area contributed by atoms with Crippen LogP contribution in [0.3, 0.4) is 0 Å². The molecule has 2 fully saturated rings. The van der Waals surface area contributed by atoms with Crippen molar-refractivity contribution in [2.24, 2.45) is 0 Å². The second kappa shape index (κ2) is 9.33. The van der Waals surface area contributed by atoms with E-state index in [1.165, 1.54) is 9.80 Å². The Balaban J connectivity index is 1.23. The number of nitrogens with one attached hydrogen (secondary N) is 1. The minimum atomic E-state index is -1.90. The summed E-state index contributed by atoms with van der Waals surface area (Å²) in [7, 11) is 0. The number of hydrogen-bond donors (Lipinski definition) is 1. The van der Waals surface area contributed by atoms with Gasteiger partial charge in [0.2, 0.25) is 11.8 Å². The van der Waals surface area contributed by atoms with E-state index in [1.54, 1.807) is 18.2 Å². The Bertz CT molecular complexity index is 1240. The number of ether oxygens (including phenoxy) is 2. The van der Waals surface area contributed by atoms with E-state index in [0.29, 0.717) is 23.3 Å². The molecule has 8 heteroatoms. The topological polar surface area (TPSA) is 88.2 Å². The number of amides is 3. The molecular formula is C25H27N3O5. The number of piperidine rings is 1. The van der Waals surface area contributed by atoms with Crippen LogP contribution >= 0.6 is 0 Å². The van der Waals surface area contributed by atoms with Gasteiger partial charge in [-0.3, -0.25) is 24.6 Å². The third kappa shape index (κ3) is 4.62. The first kappa shape index (κ1) is 17.3. The minimum absolute atomic E-state index is 0.168. The van der Waals surface area contributed by atoms with Gasteiger partial charge in [0.05, 0.1) is 22.5 Å². The highest BCUT2D eigenvalue weighted by atomic mass is 16.5. The summed E-state index contributed by atoms with van der Waals surface area (Å²) in [5.41, 5.74) is 2.89. The van der Waals surface area contributed by atoms with Crippen molar-refractivity contribution in [1.29, 1.82) is 0 Å². The number of nitrogens with zero attached hydrogens (tertiary/aromatic N) is 2. The van der Waals surface area contributed by atoms with Crippen molar-refractivity contribution in [3.63, 3.8) is 0 Å². The molecule has 33 heavy (non-hydrogen) atoms. The van der Waals surface area contributed by atoms with E-state index < -0.39 is 25.0 Å². The Kier molecular flexibility index (Phi) is 4.88. The SMILES string of the molecule is [2H]C1([2H])CN(Cc2ccc(COc3cccc4c3CN(C3CCC(=O)NC3=O)C4=O)cc2)C([2H])([2H])CO1. The lowest BCUT2D eigenvalue weighted by molar-refractivity contribution is -0.136. The molecule has 0 aliphatic carbocycles. The van der Waals surface area contributed by atoms with Gasteiger partial charge < -0.3 is 14.4 Å². The minimum Gasteiger partial charge on any atom is -0.489 e. The predicted octanol–water partition coefficient (Wildman–Crippen LogP) is 1.86. The molecule has 2 saturated heterocycles. The first-order valence-corrected chi connectivity index (χ1v) is 10.9. The maximum absolute atomic E-state index is 13.0. The van der Waals surface area contributed by atoms with E-state index in [9.17, 15) is 14.4 Å². The highest BCUT2D eigenvalue weighted by molar-refractivity contribution is 6.05. The summed E-state index contributed by atoms with van der Waals surface area (Å²) in [4.78, 5) is 39.7. The molecule has 0 saturated carbocycles. The smallest absolute Gasteiger partial charge is 0.255 e. The van der Waals surface area contributed by atoms with Crippen molar-refractivity contribution in [3.8, 4) is 5.75 Å². The average Bonchev–Trinajstić information content (AvgIpc) is 3.18. The Morgan fingerprint density at radius 2 is 1.94 bits per heavy atom. The molecule has 3 heterocycles. The van der Waals surface area contributed by atoms with Gasteiger partial charge in [-0.15, -0.1) is 0 Å². The van der Waals surface area contributed by atoms with Crippen LogP contribution in [-0.4, -0.2) is 59.8 Å². The summed E-state index contributed by atoms with van der Waals surface area (Å²) >= 11 is 0. The van der Waals surface area contributed by atoms with Gasteiger partial charge in [0.1, 0.15) is 18.4 Å². The van der Waals surface area contributed by atoms with Crippen LogP contribution in [0.5, 0.6) is 5.75 Å². The maximum Gasteiger partial charge on any atom is 0.255 e. The third-order valence-electron chi connectivity index (χ3n) is 6.05. The molecule has 3 amide bonds. The van der Waals surface area contributed by atoms with Gasteiger partial charge in [-0.25, -0.2) is 0 Å². The van der Waals surface area contributed by atoms with Gasteiger partial charge >= 0.3 is 0 Å². The maximum atomic E-state index is 13.0. The number of benzene rings is 2. The van der Waals surface area contributed by atoms with Crippen LogP contribution in [-0.2, 0) is 34.0 Å². The Labute approximate surface area is 198 Å². The van der Waals surface area contributed by atoms with Crippen molar-refractivity contribution >= 4 is 17.7 Å². The molecule has 1 unspecified atom stereocenters. The second-order valence-corrected chi connectivity index (χ2v) is 8.23. The molecule has 2 aromatic carbocycles. The van der Waals surface area contributed by atoms with Crippen LogP contribution in [0.4, 0.5) is 0 Å². The normalized spacial score (nSPS) is 26.0. The first-order valence-electron chi connectivity index (χ1n) is 12.9. The predicted molar refractivity (Wildman–Crippen MR) is 119 cm³/mol. The molecule has 3 aliphatic heterocycles. The molecule has 1 N–H and O–H groups in total. The van der Waals surface area contributed by atoms with Crippen molar-refractivity contribution in [3.05, 3.63) is 64.7 Å². The molecule has 0 bridgehead atoms.